The van der Waals surface area contributed by atoms with Gasteiger partial charge >= 0.3 is 0 Å². The van der Waals surface area contributed by atoms with E-state index in [1.54, 1.807) is 18.3 Å². The molecule has 4 nitrogen and oxygen atoms in total. The molecule has 0 saturated carbocycles. The van der Waals surface area contributed by atoms with E-state index < -0.39 is 0 Å². The maximum atomic E-state index is 14.0. The number of rotatable bonds is 4. The summed E-state index contributed by atoms with van der Waals surface area (Å²) in [6.45, 7) is 2.71. The third-order valence-corrected chi connectivity index (χ3v) is 5.31. The number of hydrogen-bond acceptors (Lipinski definition) is 3. The molecule has 1 aromatic heterocycles. The molecule has 2 aliphatic heterocycles. The second-order valence-corrected chi connectivity index (χ2v) is 7.01. The summed E-state index contributed by atoms with van der Waals surface area (Å²) in [5.41, 5.74) is 1.58. The van der Waals surface area contributed by atoms with Crippen molar-refractivity contribution in [3.05, 3.63) is 65.7 Å². The van der Waals surface area contributed by atoms with Crippen LogP contribution in [0.25, 0.3) is 0 Å². The Morgan fingerprint density at radius 3 is 2.76 bits per heavy atom. The lowest BCUT2D eigenvalue weighted by Gasteiger charge is -2.46. The Kier molecular flexibility index (Phi) is 4.49. The molecule has 2 fully saturated rings. The third kappa shape index (κ3) is 3.42. The highest BCUT2D eigenvalue weighted by molar-refractivity contribution is 5.83. The van der Waals surface area contributed by atoms with Gasteiger partial charge in [-0.15, -0.1) is 0 Å². The predicted octanol–water partition coefficient (Wildman–Crippen LogP) is 2.84. The van der Waals surface area contributed by atoms with E-state index >= 15 is 0 Å². The van der Waals surface area contributed by atoms with E-state index in [4.69, 9.17) is 0 Å². The highest BCUT2D eigenvalue weighted by atomic mass is 19.1. The minimum Gasteiger partial charge on any atom is -0.335 e. The normalized spacial score (nSPS) is 23.7. The standard InChI is InChI=1S/C20H22FN3O/c21-18-7-2-1-5-16(18)13-23-10-8-15-11-19(23)20(25)24(12-15)14-17-6-3-4-9-22-17/h1-7,9,15,19H,8,10-14H2/t15-,19+/m0/s1. The van der Waals surface area contributed by atoms with E-state index in [1.807, 2.05) is 29.2 Å². The number of fused-ring (bicyclic) bond motifs is 2. The van der Waals surface area contributed by atoms with Crippen LogP contribution in [0.4, 0.5) is 4.39 Å². The number of aromatic nitrogens is 1. The molecule has 0 unspecified atom stereocenters. The van der Waals surface area contributed by atoms with Gasteiger partial charge in [0, 0.05) is 24.8 Å². The largest absolute Gasteiger partial charge is 0.335 e. The highest BCUT2D eigenvalue weighted by Gasteiger charge is 2.41. The summed E-state index contributed by atoms with van der Waals surface area (Å²) in [6.07, 6.45) is 3.69. The summed E-state index contributed by atoms with van der Waals surface area (Å²) >= 11 is 0. The average molecular weight is 339 g/mol. The van der Waals surface area contributed by atoms with Gasteiger partial charge in [0.15, 0.2) is 0 Å². The molecule has 2 aromatic rings. The fourth-order valence-electron chi connectivity index (χ4n) is 3.99. The zero-order chi connectivity index (χ0) is 17.2. The van der Waals surface area contributed by atoms with Gasteiger partial charge < -0.3 is 4.90 Å². The maximum Gasteiger partial charge on any atom is 0.240 e. The monoisotopic (exact) mass is 339 g/mol. The first-order valence-electron chi connectivity index (χ1n) is 8.87. The molecule has 2 bridgehead atoms. The molecular formula is C20H22FN3O. The van der Waals surface area contributed by atoms with Crippen LogP contribution in [0.1, 0.15) is 24.1 Å². The SMILES string of the molecule is O=C1[C@H]2C[C@H](CCN2Cc2ccccc2F)CN1Cc1ccccn1. The van der Waals surface area contributed by atoms with E-state index in [2.05, 4.69) is 9.88 Å². The van der Waals surface area contributed by atoms with Crippen LogP contribution in [0, 0.1) is 11.7 Å². The molecule has 2 aliphatic rings. The van der Waals surface area contributed by atoms with Gasteiger partial charge in [-0.25, -0.2) is 4.39 Å². The van der Waals surface area contributed by atoms with Gasteiger partial charge in [-0.05, 0) is 43.5 Å². The number of halogens is 1. The van der Waals surface area contributed by atoms with Crippen LogP contribution in [-0.2, 0) is 17.9 Å². The number of benzene rings is 1. The lowest BCUT2D eigenvalue weighted by atomic mass is 9.85. The van der Waals surface area contributed by atoms with E-state index in [0.717, 1.165) is 31.6 Å². The zero-order valence-corrected chi connectivity index (χ0v) is 14.1. The number of hydrogen-bond donors (Lipinski definition) is 0. The number of amides is 1. The fraction of sp³-hybridized carbons (Fsp3) is 0.400. The summed E-state index contributed by atoms with van der Waals surface area (Å²) < 4.78 is 14.0. The van der Waals surface area contributed by atoms with Crippen LogP contribution >= 0.6 is 0 Å². The van der Waals surface area contributed by atoms with Crippen LogP contribution in [0.3, 0.4) is 0 Å². The van der Waals surface area contributed by atoms with Gasteiger partial charge in [0.2, 0.25) is 5.91 Å². The fourth-order valence-corrected chi connectivity index (χ4v) is 3.99. The summed E-state index contributed by atoms with van der Waals surface area (Å²) in [7, 11) is 0. The molecule has 1 aromatic carbocycles. The van der Waals surface area contributed by atoms with Gasteiger partial charge in [0.25, 0.3) is 0 Å². The smallest absolute Gasteiger partial charge is 0.240 e. The van der Waals surface area contributed by atoms with Crippen molar-refractivity contribution in [1.29, 1.82) is 0 Å². The Bertz CT molecular complexity index is 752. The van der Waals surface area contributed by atoms with Gasteiger partial charge in [-0.1, -0.05) is 24.3 Å². The molecule has 25 heavy (non-hydrogen) atoms. The van der Waals surface area contributed by atoms with Crippen molar-refractivity contribution in [2.45, 2.75) is 32.0 Å². The Balaban J connectivity index is 1.50. The average Bonchev–Trinajstić information content (AvgIpc) is 2.64. The molecular weight excluding hydrogens is 317 g/mol. The van der Waals surface area contributed by atoms with Crippen molar-refractivity contribution in [1.82, 2.24) is 14.8 Å². The predicted molar refractivity (Wildman–Crippen MR) is 93.0 cm³/mol. The number of likely N-dealkylation sites (tertiary alicyclic amines) is 2. The summed E-state index contributed by atoms with van der Waals surface area (Å²) in [5, 5.41) is 0. The number of carbonyl (C=O) groups is 1. The zero-order valence-electron chi connectivity index (χ0n) is 14.1. The molecule has 0 aliphatic carbocycles. The third-order valence-electron chi connectivity index (χ3n) is 5.31. The summed E-state index contributed by atoms with van der Waals surface area (Å²) in [5.74, 6) is 0.486. The Hall–Kier alpha value is -2.27. The van der Waals surface area contributed by atoms with Crippen LogP contribution < -0.4 is 0 Å². The van der Waals surface area contributed by atoms with Crippen molar-refractivity contribution < 1.29 is 9.18 Å². The van der Waals surface area contributed by atoms with Crippen molar-refractivity contribution in [3.8, 4) is 0 Å². The number of piperidine rings is 2. The Morgan fingerprint density at radius 2 is 1.96 bits per heavy atom. The first-order valence-corrected chi connectivity index (χ1v) is 8.87. The summed E-state index contributed by atoms with van der Waals surface area (Å²) in [4.78, 5) is 21.4. The van der Waals surface area contributed by atoms with Gasteiger partial charge in [-0.3, -0.25) is 14.7 Å². The topological polar surface area (TPSA) is 36.4 Å². The molecule has 0 radical (unpaired) electrons. The molecule has 2 atom stereocenters. The van der Waals surface area contributed by atoms with E-state index in [-0.39, 0.29) is 17.8 Å². The van der Waals surface area contributed by atoms with Gasteiger partial charge in [0.05, 0.1) is 18.3 Å². The van der Waals surface area contributed by atoms with Crippen molar-refractivity contribution >= 4 is 5.91 Å². The Labute approximate surface area is 147 Å². The first kappa shape index (κ1) is 16.2. The number of pyridine rings is 1. The quantitative estimate of drug-likeness (QED) is 0.859. The van der Waals surface area contributed by atoms with Crippen LogP contribution in [0.15, 0.2) is 48.7 Å². The van der Waals surface area contributed by atoms with E-state index in [0.29, 0.717) is 24.6 Å². The second-order valence-electron chi connectivity index (χ2n) is 7.01. The van der Waals surface area contributed by atoms with Crippen LogP contribution in [0.5, 0.6) is 0 Å². The minimum atomic E-state index is -0.196. The minimum absolute atomic E-state index is 0.143. The molecule has 5 heteroatoms. The lowest BCUT2D eigenvalue weighted by molar-refractivity contribution is -0.146. The van der Waals surface area contributed by atoms with Crippen molar-refractivity contribution in [3.63, 3.8) is 0 Å². The molecule has 1 amide bonds. The number of carbonyl (C=O) groups excluding carboxylic acids is 1. The highest BCUT2D eigenvalue weighted by Crippen LogP contribution is 2.31. The Morgan fingerprint density at radius 1 is 1.12 bits per heavy atom. The van der Waals surface area contributed by atoms with Crippen molar-refractivity contribution in [2.24, 2.45) is 5.92 Å². The van der Waals surface area contributed by atoms with Gasteiger partial charge in [-0.2, -0.15) is 0 Å². The lowest BCUT2D eigenvalue weighted by Crippen LogP contribution is -2.58. The molecule has 4 rings (SSSR count). The van der Waals surface area contributed by atoms with Gasteiger partial charge in [0.1, 0.15) is 5.82 Å². The first-order chi connectivity index (χ1) is 12.2. The molecule has 130 valence electrons. The molecule has 3 heterocycles. The van der Waals surface area contributed by atoms with E-state index in [9.17, 15) is 9.18 Å². The number of nitrogens with zero attached hydrogens (tertiary/aromatic N) is 3. The van der Waals surface area contributed by atoms with E-state index in [1.165, 1.54) is 6.07 Å². The maximum absolute atomic E-state index is 14.0. The van der Waals surface area contributed by atoms with Crippen LogP contribution in [-0.4, -0.2) is 39.8 Å². The summed E-state index contributed by atoms with van der Waals surface area (Å²) in [6, 6.07) is 12.5. The second kappa shape index (κ2) is 6.92. The molecule has 2 saturated heterocycles. The molecule has 0 spiro atoms. The van der Waals surface area contributed by atoms with Crippen molar-refractivity contribution in [2.75, 3.05) is 13.1 Å². The van der Waals surface area contributed by atoms with Crippen LogP contribution in [0.2, 0.25) is 0 Å². The molecule has 0 N–H and O–H groups in total.